The van der Waals surface area contributed by atoms with Crippen LogP contribution in [0.1, 0.15) is 23.4 Å². The van der Waals surface area contributed by atoms with Crippen molar-refractivity contribution in [2.75, 3.05) is 17.2 Å². The zero-order valence-electron chi connectivity index (χ0n) is 19.4. The second-order valence-corrected chi connectivity index (χ2v) is 9.32. The summed E-state index contributed by atoms with van der Waals surface area (Å²) in [7, 11) is 0. The summed E-state index contributed by atoms with van der Waals surface area (Å²) in [6.07, 6.45) is -5.19. The first kappa shape index (κ1) is 24.8. The number of anilines is 2. The minimum Gasteiger partial charge on any atom is -0.437 e. The first-order chi connectivity index (χ1) is 17.5. The summed E-state index contributed by atoms with van der Waals surface area (Å²) < 4.78 is 66.5. The van der Waals surface area contributed by atoms with Crippen molar-refractivity contribution in [1.29, 1.82) is 0 Å². The zero-order valence-corrected chi connectivity index (χ0v) is 20.3. The van der Waals surface area contributed by atoms with E-state index in [0.717, 1.165) is 23.9 Å². The highest BCUT2D eigenvalue weighted by Crippen LogP contribution is 2.53. The lowest BCUT2D eigenvalue weighted by atomic mass is 9.85. The Morgan fingerprint density at radius 3 is 2.49 bits per heavy atom. The van der Waals surface area contributed by atoms with E-state index in [1.165, 1.54) is 17.4 Å². The van der Waals surface area contributed by atoms with E-state index in [0.29, 0.717) is 21.2 Å². The maximum absolute atomic E-state index is 14.0. The molecule has 1 aromatic carbocycles. The molecule has 4 heterocycles. The Hall–Kier alpha value is -3.84. The van der Waals surface area contributed by atoms with Crippen LogP contribution in [0.4, 0.5) is 33.2 Å². The van der Waals surface area contributed by atoms with Gasteiger partial charge in [0.2, 0.25) is 5.88 Å². The summed E-state index contributed by atoms with van der Waals surface area (Å²) in [6.45, 7) is 3.35. The Kier molecular flexibility index (Phi) is 6.20. The normalized spacial score (nSPS) is 17.4. The highest BCUT2D eigenvalue weighted by molar-refractivity contribution is 7.21. The number of amides is 2. The molecule has 8 nitrogen and oxygen atoms in total. The Balaban J connectivity index is 1.42. The molecule has 0 saturated carbocycles. The lowest BCUT2D eigenvalue weighted by Crippen LogP contribution is -2.52. The van der Waals surface area contributed by atoms with Gasteiger partial charge in [-0.15, -0.1) is 0 Å². The van der Waals surface area contributed by atoms with Crippen LogP contribution in [0.15, 0.2) is 42.5 Å². The van der Waals surface area contributed by atoms with Crippen LogP contribution in [-0.4, -0.2) is 33.8 Å². The van der Waals surface area contributed by atoms with Crippen LogP contribution in [0.2, 0.25) is 0 Å². The second kappa shape index (κ2) is 9.23. The minimum absolute atomic E-state index is 0.0732. The summed E-state index contributed by atoms with van der Waals surface area (Å²) in [5.74, 6) is -1.36. The Labute approximate surface area is 211 Å². The lowest BCUT2D eigenvalue weighted by molar-refractivity contribution is -0.333. The van der Waals surface area contributed by atoms with Crippen molar-refractivity contribution < 1.29 is 31.8 Å². The quantitative estimate of drug-likeness (QED) is 0.286. The molecular formula is C24H19F4N5O3S. The molecule has 3 aromatic heterocycles. The molecule has 192 valence electrons. The third-order valence-electron chi connectivity index (χ3n) is 5.71. The summed E-state index contributed by atoms with van der Waals surface area (Å²) in [5, 5.41) is 5.47. The van der Waals surface area contributed by atoms with Crippen LogP contribution in [0.25, 0.3) is 10.3 Å². The molecule has 0 radical (unpaired) electrons. The highest BCUT2D eigenvalue weighted by Gasteiger charge is 2.62. The minimum atomic E-state index is -4.80. The van der Waals surface area contributed by atoms with Crippen LogP contribution >= 0.6 is 11.3 Å². The molecule has 2 amide bonds. The number of aryl methyl sites for hydroxylation is 2. The molecule has 4 aromatic rings. The summed E-state index contributed by atoms with van der Waals surface area (Å²) in [5.41, 5.74) is -1.24. The number of fused-ring (bicyclic) bond motifs is 1. The van der Waals surface area contributed by atoms with E-state index in [1.54, 1.807) is 25.1 Å². The van der Waals surface area contributed by atoms with Gasteiger partial charge in [0.1, 0.15) is 27.6 Å². The van der Waals surface area contributed by atoms with E-state index in [2.05, 4.69) is 25.6 Å². The number of urea groups is 1. The number of hydrogen-bond acceptors (Lipinski definition) is 7. The second-order valence-electron chi connectivity index (χ2n) is 8.35. The maximum atomic E-state index is 14.0. The van der Waals surface area contributed by atoms with Crippen LogP contribution in [0, 0.1) is 19.7 Å². The number of benzene rings is 1. The molecule has 0 aliphatic carbocycles. The first-order valence-electron chi connectivity index (χ1n) is 11.0. The SMILES string of the molecule is Cc1ccc(NC(=O)Nc2nc3ccc(C)nc3s2)c(Oc2ccc(F)cc2C2(C(F)(F)F)CCO2)n1. The molecular weight excluding hydrogens is 514 g/mol. The van der Waals surface area contributed by atoms with Crippen molar-refractivity contribution in [1.82, 2.24) is 15.0 Å². The fraction of sp³-hybridized carbons (Fsp3) is 0.250. The number of thiazole rings is 1. The number of ether oxygens (including phenoxy) is 2. The molecule has 13 heteroatoms. The van der Waals surface area contributed by atoms with Gasteiger partial charge in [-0.25, -0.2) is 24.1 Å². The van der Waals surface area contributed by atoms with E-state index in [-0.39, 0.29) is 30.3 Å². The highest BCUT2D eigenvalue weighted by atomic mass is 32.1. The summed E-state index contributed by atoms with van der Waals surface area (Å²) >= 11 is 1.18. The van der Waals surface area contributed by atoms with Gasteiger partial charge in [0.25, 0.3) is 0 Å². The molecule has 1 aliphatic rings. The van der Waals surface area contributed by atoms with Gasteiger partial charge in [-0.2, -0.15) is 13.2 Å². The fourth-order valence-corrected chi connectivity index (χ4v) is 4.70. The van der Waals surface area contributed by atoms with Gasteiger partial charge in [-0.05, 0) is 56.3 Å². The van der Waals surface area contributed by atoms with Crippen molar-refractivity contribution in [3.05, 3.63) is 65.2 Å². The van der Waals surface area contributed by atoms with Crippen LogP contribution in [0.5, 0.6) is 11.6 Å². The smallest absolute Gasteiger partial charge is 0.421 e. The Morgan fingerprint density at radius 2 is 1.78 bits per heavy atom. The van der Waals surface area contributed by atoms with Gasteiger partial charge in [0.05, 0.1) is 6.61 Å². The van der Waals surface area contributed by atoms with Gasteiger partial charge >= 0.3 is 12.2 Å². The van der Waals surface area contributed by atoms with Crippen molar-refractivity contribution in [3.8, 4) is 11.6 Å². The zero-order chi connectivity index (χ0) is 26.4. The molecule has 1 atom stereocenters. The fourth-order valence-electron chi connectivity index (χ4n) is 3.83. The van der Waals surface area contributed by atoms with Crippen LogP contribution in [0.3, 0.4) is 0 Å². The molecule has 1 saturated heterocycles. The number of hydrogen-bond donors (Lipinski definition) is 2. The topological polar surface area (TPSA) is 98.3 Å². The molecule has 2 N–H and O–H groups in total. The van der Waals surface area contributed by atoms with Gasteiger partial charge in [-0.3, -0.25) is 5.32 Å². The van der Waals surface area contributed by atoms with E-state index in [4.69, 9.17) is 9.47 Å². The van der Waals surface area contributed by atoms with E-state index >= 15 is 0 Å². The number of carbonyl (C=O) groups excluding carboxylic acids is 1. The molecule has 37 heavy (non-hydrogen) atoms. The largest absolute Gasteiger partial charge is 0.437 e. The van der Waals surface area contributed by atoms with Crippen LogP contribution < -0.4 is 15.4 Å². The van der Waals surface area contributed by atoms with Gasteiger partial charge in [0.15, 0.2) is 10.7 Å². The van der Waals surface area contributed by atoms with E-state index in [1.807, 2.05) is 6.92 Å². The van der Waals surface area contributed by atoms with Crippen molar-refractivity contribution in [2.24, 2.45) is 0 Å². The third kappa shape index (κ3) is 4.79. The first-order valence-corrected chi connectivity index (χ1v) is 11.8. The number of halogens is 4. The monoisotopic (exact) mass is 533 g/mol. The number of pyridine rings is 2. The summed E-state index contributed by atoms with van der Waals surface area (Å²) in [6, 6.07) is 8.76. The maximum Gasteiger partial charge on any atom is 0.421 e. The molecule has 0 spiro atoms. The Morgan fingerprint density at radius 1 is 1.05 bits per heavy atom. The number of nitrogens with one attached hydrogen (secondary N) is 2. The Bertz CT molecular complexity index is 1500. The van der Waals surface area contributed by atoms with Gasteiger partial charge < -0.3 is 14.8 Å². The molecule has 1 unspecified atom stereocenters. The van der Waals surface area contributed by atoms with Crippen molar-refractivity contribution >= 4 is 38.5 Å². The number of carbonyl (C=O) groups is 1. The predicted octanol–water partition coefficient (Wildman–Crippen LogP) is 6.46. The van der Waals surface area contributed by atoms with Crippen molar-refractivity contribution in [3.63, 3.8) is 0 Å². The molecule has 0 bridgehead atoms. The molecule has 5 rings (SSSR count). The van der Waals surface area contributed by atoms with Crippen molar-refractivity contribution in [2.45, 2.75) is 32.0 Å². The van der Waals surface area contributed by atoms with Gasteiger partial charge in [-0.1, -0.05) is 11.3 Å². The predicted molar refractivity (Wildman–Crippen MR) is 129 cm³/mol. The number of aromatic nitrogens is 3. The summed E-state index contributed by atoms with van der Waals surface area (Å²) in [4.78, 5) is 26.2. The average Bonchev–Trinajstić information content (AvgIpc) is 3.16. The number of alkyl halides is 3. The standard InChI is InChI=1S/C24H19F4N5O3S/c1-12-3-6-16(31-21(34)33-22-32-17-7-4-13(2)30-20(17)37-22)19(29-12)36-18-8-5-14(25)11-15(18)23(9-10-35-23)24(26,27)28/h3-8,11H,9-10H2,1-2H3,(H2,31,32,33,34). The van der Waals surface area contributed by atoms with Crippen LogP contribution in [-0.2, 0) is 10.3 Å². The van der Waals surface area contributed by atoms with E-state index < -0.39 is 29.2 Å². The number of nitrogens with zero attached hydrogens (tertiary/aromatic N) is 3. The van der Waals surface area contributed by atoms with Gasteiger partial charge in [0, 0.05) is 23.4 Å². The molecule has 1 aliphatic heterocycles. The lowest BCUT2D eigenvalue weighted by Gasteiger charge is -2.43. The number of rotatable bonds is 5. The van der Waals surface area contributed by atoms with E-state index in [9.17, 15) is 22.4 Å². The third-order valence-corrected chi connectivity index (χ3v) is 6.59. The average molecular weight is 534 g/mol. The molecule has 1 fully saturated rings.